The smallest absolute Gasteiger partial charge is 0.396 e. The molecule has 0 saturated carbocycles. The van der Waals surface area contributed by atoms with E-state index in [1.54, 1.807) is 30.4 Å². The van der Waals surface area contributed by atoms with E-state index in [1.165, 1.54) is 12.4 Å². The van der Waals surface area contributed by atoms with E-state index >= 15 is 0 Å². The minimum Gasteiger partial charge on any atom is -0.396 e. The maximum atomic E-state index is 14.7. The molecule has 23 heavy (non-hydrogen) atoms. The van der Waals surface area contributed by atoms with Gasteiger partial charge in [-0.1, -0.05) is 12.1 Å². The molecule has 4 heterocycles. The van der Waals surface area contributed by atoms with E-state index in [0.29, 0.717) is 28.0 Å². The van der Waals surface area contributed by atoms with Gasteiger partial charge < -0.3 is 17.6 Å². The Morgan fingerprint density at radius 2 is 2.04 bits per heavy atom. The lowest BCUT2D eigenvalue weighted by molar-refractivity contribution is -0.356. The lowest BCUT2D eigenvalue weighted by Gasteiger charge is -2.30. The lowest BCUT2D eigenvalue weighted by Crippen LogP contribution is -2.49. The van der Waals surface area contributed by atoms with Gasteiger partial charge in [0.25, 0.3) is 0 Å². The zero-order valence-corrected chi connectivity index (χ0v) is 11.7. The Hall–Kier alpha value is -3.03. The number of hydrogen-bond acceptors (Lipinski definition) is 3. The molecular formula is C15H9BF2N4O. The van der Waals surface area contributed by atoms with E-state index in [2.05, 4.69) is 10.3 Å². The van der Waals surface area contributed by atoms with Gasteiger partial charge in [0.15, 0.2) is 5.70 Å². The number of fused-ring (bicyclic) bond motifs is 3. The molecule has 0 radical (unpaired) electrons. The quantitative estimate of drug-likeness (QED) is 0.649. The molecule has 2 aliphatic heterocycles. The molecule has 0 amide bonds. The molecule has 0 fully saturated rings. The Morgan fingerprint density at radius 1 is 1.13 bits per heavy atom. The summed E-state index contributed by atoms with van der Waals surface area (Å²) in [7, 11) is 0. The monoisotopic (exact) mass is 310 g/mol. The van der Waals surface area contributed by atoms with Crippen molar-refractivity contribution in [3.05, 3.63) is 65.6 Å². The topological polar surface area (TPSA) is 46.9 Å². The van der Waals surface area contributed by atoms with Gasteiger partial charge in [-0.15, -0.1) is 0 Å². The summed E-state index contributed by atoms with van der Waals surface area (Å²) in [5.41, 5.74) is 3.47. The third kappa shape index (κ3) is 1.47. The van der Waals surface area contributed by atoms with Crippen molar-refractivity contribution in [3.63, 3.8) is 0 Å². The molecular weight excluding hydrogens is 301 g/mol. The highest BCUT2D eigenvalue weighted by molar-refractivity contribution is 6.57. The number of aromatic nitrogens is 3. The van der Waals surface area contributed by atoms with Crippen LogP contribution in [-0.4, -0.2) is 32.5 Å². The minimum absolute atomic E-state index is 0.455. The summed E-state index contributed by atoms with van der Waals surface area (Å²) in [5, 5.41) is 7.77. The Morgan fingerprint density at radius 3 is 2.96 bits per heavy atom. The van der Waals surface area contributed by atoms with Gasteiger partial charge in [0.1, 0.15) is 17.2 Å². The highest BCUT2D eigenvalue weighted by Crippen LogP contribution is 2.39. The first-order chi connectivity index (χ1) is 11.2. The van der Waals surface area contributed by atoms with Crippen LogP contribution in [-0.2, 0) is 0 Å². The fourth-order valence-corrected chi connectivity index (χ4v) is 3.30. The van der Waals surface area contributed by atoms with Crippen LogP contribution >= 0.6 is 0 Å². The molecule has 0 bridgehead atoms. The summed E-state index contributed by atoms with van der Waals surface area (Å²) in [5.74, 6) is 0. The molecule has 5 nitrogen and oxygen atoms in total. The lowest BCUT2D eigenvalue weighted by atomic mass is 9.86. The molecule has 0 aliphatic carbocycles. The molecule has 5 rings (SSSR count). The van der Waals surface area contributed by atoms with E-state index in [1.807, 2.05) is 12.1 Å². The van der Waals surface area contributed by atoms with Gasteiger partial charge in [-0.3, -0.25) is 0 Å². The summed E-state index contributed by atoms with van der Waals surface area (Å²) < 4.78 is 36.3. The van der Waals surface area contributed by atoms with Crippen LogP contribution in [0.3, 0.4) is 0 Å². The van der Waals surface area contributed by atoms with Crippen molar-refractivity contribution in [3.8, 4) is 0 Å². The normalized spacial score (nSPS) is 18.3. The number of rotatable bonds is 1. The van der Waals surface area contributed by atoms with E-state index in [4.69, 9.17) is 4.63 Å². The minimum atomic E-state index is -3.90. The molecule has 0 unspecified atom stereocenters. The van der Waals surface area contributed by atoms with E-state index in [0.717, 1.165) is 14.5 Å². The molecule has 3 aromatic rings. The second-order valence-electron chi connectivity index (χ2n) is 5.50. The number of benzene rings is 1. The van der Waals surface area contributed by atoms with Crippen LogP contribution in [0.5, 0.6) is 0 Å². The van der Waals surface area contributed by atoms with Crippen molar-refractivity contribution >= 4 is 29.8 Å². The van der Waals surface area contributed by atoms with Crippen LogP contribution in [0.25, 0.3) is 16.6 Å². The second kappa shape index (κ2) is 4.04. The van der Waals surface area contributed by atoms with Gasteiger partial charge in [0, 0.05) is 23.4 Å². The summed E-state index contributed by atoms with van der Waals surface area (Å²) in [6.45, 7) is -3.90. The van der Waals surface area contributed by atoms with Crippen molar-refractivity contribution in [2.75, 3.05) is 0 Å². The summed E-state index contributed by atoms with van der Waals surface area (Å²) in [4.78, 5) is 0. The maximum Gasteiger partial charge on any atom is 0.737 e. The van der Waals surface area contributed by atoms with Gasteiger partial charge in [-0.05, 0) is 34.7 Å². The van der Waals surface area contributed by atoms with Gasteiger partial charge in [-0.25, -0.2) is 4.63 Å². The van der Waals surface area contributed by atoms with E-state index in [9.17, 15) is 8.63 Å². The van der Waals surface area contributed by atoms with Crippen molar-refractivity contribution in [2.45, 2.75) is 0 Å². The number of halogens is 2. The number of allylic oxidation sites excluding steroid dienone is 2. The summed E-state index contributed by atoms with van der Waals surface area (Å²) >= 11 is 0. The Bertz CT molecular complexity index is 1060. The van der Waals surface area contributed by atoms with Crippen LogP contribution in [0.15, 0.2) is 59.0 Å². The van der Waals surface area contributed by atoms with Crippen LogP contribution in [0.4, 0.5) is 8.63 Å². The SMILES string of the molecule is F[B-]1(F)n2cccc2C(c2cccc3nonc23)=C2C=CC=[N+]21. The van der Waals surface area contributed by atoms with Gasteiger partial charge >= 0.3 is 6.97 Å². The summed E-state index contributed by atoms with van der Waals surface area (Å²) in [6, 6.07) is 8.74. The molecule has 2 aromatic heterocycles. The number of hydrogen-bond donors (Lipinski definition) is 0. The zero-order chi connectivity index (χ0) is 15.6. The van der Waals surface area contributed by atoms with Gasteiger partial charge in [0.2, 0.25) is 0 Å². The van der Waals surface area contributed by atoms with Gasteiger partial charge in [0.05, 0.1) is 5.57 Å². The molecule has 2 aliphatic rings. The fourth-order valence-electron chi connectivity index (χ4n) is 3.30. The second-order valence-corrected chi connectivity index (χ2v) is 5.50. The van der Waals surface area contributed by atoms with Crippen LogP contribution in [0, 0.1) is 0 Å². The van der Waals surface area contributed by atoms with Crippen LogP contribution < -0.4 is 0 Å². The standard InChI is InChI=1S/C15H9BF2N4O/c17-16(18)21-8-2-6-12(21)14(13-7-3-9-22(13)16)10-4-1-5-11-15(10)20-23-19-11/h1-9H. The van der Waals surface area contributed by atoms with Crippen LogP contribution in [0.2, 0.25) is 0 Å². The first-order valence-corrected chi connectivity index (χ1v) is 7.13. The molecule has 1 aromatic carbocycles. The molecule has 0 atom stereocenters. The van der Waals surface area contributed by atoms with Crippen molar-refractivity contribution in [1.29, 1.82) is 0 Å². The zero-order valence-electron chi connectivity index (χ0n) is 11.7. The Labute approximate surface area is 128 Å². The van der Waals surface area contributed by atoms with E-state index in [-0.39, 0.29) is 0 Å². The van der Waals surface area contributed by atoms with Crippen molar-refractivity contribution in [2.24, 2.45) is 0 Å². The predicted molar refractivity (Wildman–Crippen MR) is 81.1 cm³/mol. The largest absolute Gasteiger partial charge is 0.737 e. The third-order valence-corrected chi connectivity index (χ3v) is 4.29. The third-order valence-electron chi connectivity index (χ3n) is 4.29. The van der Waals surface area contributed by atoms with Gasteiger partial charge in [-0.2, -0.15) is 0 Å². The van der Waals surface area contributed by atoms with Crippen LogP contribution in [0.1, 0.15) is 11.3 Å². The summed E-state index contributed by atoms with van der Waals surface area (Å²) in [6.07, 6.45) is 6.12. The first-order valence-electron chi connectivity index (χ1n) is 7.13. The van der Waals surface area contributed by atoms with Crippen molar-refractivity contribution in [1.82, 2.24) is 14.8 Å². The molecule has 0 spiro atoms. The fraction of sp³-hybridized carbons (Fsp3) is 0. The Balaban J connectivity index is 1.91. The highest BCUT2D eigenvalue weighted by Gasteiger charge is 2.51. The maximum absolute atomic E-state index is 14.7. The molecule has 0 N–H and O–H groups in total. The average Bonchev–Trinajstić information content (AvgIpc) is 3.28. The number of nitrogens with zero attached hydrogens (tertiary/aromatic N) is 4. The highest BCUT2D eigenvalue weighted by atomic mass is 19.2. The van der Waals surface area contributed by atoms with E-state index < -0.39 is 6.97 Å². The molecule has 8 heteroatoms. The Kier molecular flexibility index (Phi) is 2.20. The average molecular weight is 310 g/mol. The molecule has 0 saturated heterocycles. The van der Waals surface area contributed by atoms with Crippen molar-refractivity contribution < 1.29 is 17.7 Å². The predicted octanol–water partition coefficient (Wildman–Crippen LogP) is 2.67. The molecule has 112 valence electrons. The first kappa shape index (κ1) is 12.5.